The van der Waals surface area contributed by atoms with Crippen molar-refractivity contribution < 1.29 is 18.0 Å². The molecule has 1 fully saturated rings. The number of nitrogens with two attached hydrogens (primary N) is 1. The van der Waals surface area contributed by atoms with Crippen molar-refractivity contribution in [3.8, 4) is 0 Å². The molecule has 1 amide bonds. The maximum absolute atomic E-state index is 12.7. The Morgan fingerprint density at radius 3 is 2.20 bits per heavy atom. The van der Waals surface area contributed by atoms with E-state index in [-0.39, 0.29) is 19.0 Å². The van der Waals surface area contributed by atoms with Gasteiger partial charge in [0.05, 0.1) is 5.41 Å². The number of hydrogen-bond donors (Lipinski definition) is 1. The van der Waals surface area contributed by atoms with E-state index in [4.69, 9.17) is 5.73 Å². The third kappa shape index (κ3) is 4.65. The second-order valence-corrected chi connectivity index (χ2v) is 6.24. The van der Waals surface area contributed by atoms with Crippen LogP contribution in [0.25, 0.3) is 0 Å². The number of carbonyl (C=O) groups is 1. The molecule has 0 aromatic carbocycles. The Morgan fingerprint density at radius 1 is 1.25 bits per heavy atom. The third-order valence-corrected chi connectivity index (χ3v) is 3.90. The summed E-state index contributed by atoms with van der Waals surface area (Å²) in [6.07, 6.45) is -0.397. The predicted molar refractivity (Wildman–Crippen MR) is 72.0 cm³/mol. The number of rotatable bonds is 5. The molecule has 6 heteroatoms. The summed E-state index contributed by atoms with van der Waals surface area (Å²) in [4.78, 5) is 13.6. The minimum Gasteiger partial charge on any atom is -0.333 e. The summed E-state index contributed by atoms with van der Waals surface area (Å²) in [6.45, 7) is 2.71. The van der Waals surface area contributed by atoms with Gasteiger partial charge in [0.2, 0.25) is 5.91 Å². The first-order chi connectivity index (χ1) is 9.20. The summed E-state index contributed by atoms with van der Waals surface area (Å²) in [7, 11) is 0. The molecule has 0 atom stereocenters. The lowest BCUT2D eigenvalue weighted by atomic mass is 9.73. The average molecular weight is 294 g/mol. The fraction of sp³-hybridized carbons (Fsp3) is 0.929. The summed E-state index contributed by atoms with van der Waals surface area (Å²) in [5.74, 6) is -0.412. The van der Waals surface area contributed by atoms with Crippen molar-refractivity contribution in [1.82, 2.24) is 4.90 Å². The van der Waals surface area contributed by atoms with Crippen LogP contribution < -0.4 is 5.73 Å². The number of halogens is 3. The normalized spacial score (nSPS) is 19.1. The molecular weight excluding hydrogens is 269 g/mol. The lowest BCUT2D eigenvalue weighted by Crippen LogP contribution is -2.52. The van der Waals surface area contributed by atoms with E-state index in [0.717, 1.165) is 24.2 Å². The first-order valence-electron chi connectivity index (χ1n) is 7.26. The van der Waals surface area contributed by atoms with Gasteiger partial charge < -0.3 is 10.6 Å². The van der Waals surface area contributed by atoms with Crippen LogP contribution in [0.4, 0.5) is 13.2 Å². The molecule has 1 aliphatic rings. The Hall–Kier alpha value is -0.780. The van der Waals surface area contributed by atoms with E-state index in [1.54, 1.807) is 0 Å². The molecule has 20 heavy (non-hydrogen) atoms. The molecule has 3 nitrogen and oxygen atoms in total. The zero-order chi connectivity index (χ0) is 15.4. The van der Waals surface area contributed by atoms with E-state index in [1.165, 1.54) is 0 Å². The van der Waals surface area contributed by atoms with Gasteiger partial charge in [-0.05, 0) is 18.8 Å². The Labute approximate surface area is 118 Å². The van der Waals surface area contributed by atoms with Crippen molar-refractivity contribution in [2.24, 2.45) is 17.1 Å². The number of alkyl halides is 3. The van der Waals surface area contributed by atoms with Crippen molar-refractivity contribution >= 4 is 5.91 Å². The summed E-state index contributed by atoms with van der Waals surface area (Å²) < 4.78 is 38.1. The van der Waals surface area contributed by atoms with Gasteiger partial charge in [-0.2, -0.15) is 13.2 Å². The van der Waals surface area contributed by atoms with Crippen molar-refractivity contribution in [3.05, 3.63) is 0 Å². The zero-order valence-electron chi connectivity index (χ0n) is 12.3. The first-order valence-corrected chi connectivity index (χ1v) is 7.26. The van der Waals surface area contributed by atoms with Gasteiger partial charge >= 0.3 is 6.18 Å². The standard InChI is InChI=1S/C14H25F3N2O/c1-11(2)8-19(10-14(15,16)17)12(20)13(9-18)6-4-3-5-7-13/h11H,3-10,18H2,1-2H3. The molecule has 0 aromatic heterocycles. The highest BCUT2D eigenvalue weighted by molar-refractivity contribution is 5.83. The highest BCUT2D eigenvalue weighted by Gasteiger charge is 2.43. The topological polar surface area (TPSA) is 46.3 Å². The second kappa shape index (κ2) is 6.78. The Kier molecular flexibility index (Phi) is 5.86. The van der Waals surface area contributed by atoms with E-state index in [1.807, 2.05) is 13.8 Å². The highest BCUT2D eigenvalue weighted by Crippen LogP contribution is 2.37. The predicted octanol–water partition coefficient (Wildman–Crippen LogP) is 2.94. The molecule has 0 unspecified atom stereocenters. The summed E-state index contributed by atoms with van der Waals surface area (Å²) in [5, 5.41) is 0. The van der Waals surface area contributed by atoms with Crippen LogP contribution >= 0.6 is 0 Å². The van der Waals surface area contributed by atoms with Gasteiger partial charge in [-0.1, -0.05) is 33.1 Å². The van der Waals surface area contributed by atoms with Gasteiger partial charge in [-0.15, -0.1) is 0 Å². The molecule has 0 radical (unpaired) electrons. The summed E-state index contributed by atoms with van der Waals surface area (Å²) in [5.41, 5.74) is 4.96. The number of carbonyl (C=O) groups excluding carboxylic acids is 1. The Balaban J connectivity index is 2.89. The molecule has 2 N–H and O–H groups in total. The molecule has 118 valence electrons. The smallest absolute Gasteiger partial charge is 0.333 e. The molecule has 0 bridgehead atoms. The summed E-state index contributed by atoms with van der Waals surface area (Å²) >= 11 is 0. The molecule has 1 rings (SSSR count). The van der Waals surface area contributed by atoms with Crippen LogP contribution in [0.3, 0.4) is 0 Å². The molecule has 1 saturated carbocycles. The maximum atomic E-state index is 12.7. The second-order valence-electron chi connectivity index (χ2n) is 6.24. The van der Waals surface area contributed by atoms with Crippen LogP contribution in [-0.4, -0.2) is 36.6 Å². The van der Waals surface area contributed by atoms with Gasteiger partial charge in [0, 0.05) is 13.1 Å². The molecule has 0 heterocycles. The van der Waals surface area contributed by atoms with E-state index in [0.29, 0.717) is 12.8 Å². The quantitative estimate of drug-likeness (QED) is 0.847. The molecule has 0 aliphatic heterocycles. The number of nitrogens with zero attached hydrogens (tertiary/aromatic N) is 1. The Morgan fingerprint density at radius 2 is 1.80 bits per heavy atom. The van der Waals surface area contributed by atoms with Gasteiger partial charge in [0.25, 0.3) is 0 Å². The van der Waals surface area contributed by atoms with Crippen LogP contribution in [0.2, 0.25) is 0 Å². The minimum absolute atomic E-state index is 0.000264. The average Bonchev–Trinajstić information content (AvgIpc) is 2.35. The summed E-state index contributed by atoms with van der Waals surface area (Å²) in [6, 6.07) is 0. The molecule has 0 spiro atoms. The van der Waals surface area contributed by atoms with Crippen LogP contribution in [0.5, 0.6) is 0 Å². The van der Waals surface area contributed by atoms with Crippen LogP contribution in [0.15, 0.2) is 0 Å². The van der Waals surface area contributed by atoms with E-state index < -0.39 is 24.0 Å². The van der Waals surface area contributed by atoms with Crippen molar-refractivity contribution in [2.45, 2.75) is 52.1 Å². The molecule has 0 saturated heterocycles. The fourth-order valence-electron chi connectivity index (χ4n) is 2.95. The van der Waals surface area contributed by atoms with Crippen molar-refractivity contribution in [2.75, 3.05) is 19.6 Å². The SMILES string of the molecule is CC(C)CN(CC(F)(F)F)C(=O)C1(CN)CCCCC1. The van der Waals surface area contributed by atoms with E-state index in [2.05, 4.69) is 0 Å². The zero-order valence-corrected chi connectivity index (χ0v) is 12.3. The highest BCUT2D eigenvalue weighted by atomic mass is 19.4. The van der Waals surface area contributed by atoms with E-state index >= 15 is 0 Å². The third-order valence-electron chi connectivity index (χ3n) is 3.90. The van der Waals surface area contributed by atoms with E-state index in [9.17, 15) is 18.0 Å². The minimum atomic E-state index is -4.37. The van der Waals surface area contributed by atoms with Crippen LogP contribution in [0, 0.1) is 11.3 Å². The lowest BCUT2D eigenvalue weighted by Gasteiger charge is -2.39. The van der Waals surface area contributed by atoms with Gasteiger partial charge in [0.15, 0.2) is 0 Å². The molecule has 0 aromatic rings. The first kappa shape index (κ1) is 17.3. The van der Waals surface area contributed by atoms with Crippen LogP contribution in [-0.2, 0) is 4.79 Å². The van der Waals surface area contributed by atoms with Crippen LogP contribution in [0.1, 0.15) is 46.0 Å². The molecule has 1 aliphatic carbocycles. The van der Waals surface area contributed by atoms with Gasteiger partial charge in [-0.3, -0.25) is 4.79 Å². The fourth-order valence-corrected chi connectivity index (χ4v) is 2.95. The van der Waals surface area contributed by atoms with Gasteiger partial charge in [0.1, 0.15) is 6.54 Å². The Bertz CT molecular complexity index is 323. The number of amides is 1. The maximum Gasteiger partial charge on any atom is 0.406 e. The lowest BCUT2D eigenvalue weighted by molar-refractivity contribution is -0.169. The largest absolute Gasteiger partial charge is 0.406 e. The molecular formula is C14H25F3N2O. The monoisotopic (exact) mass is 294 g/mol. The number of hydrogen-bond acceptors (Lipinski definition) is 2. The van der Waals surface area contributed by atoms with Crippen molar-refractivity contribution in [1.29, 1.82) is 0 Å². The van der Waals surface area contributed by atoms with Crippen molar-refractivity contribution in [3.63, 3.8) is 0 Å². The van der Waals surface area contributed by atoms with Gasteiger partial charge in [-0.25, -0.2) is 0 Å².